The number of sulfonamides is 1. The summed E-state index contributed by atoms with van der Waals surface area (Å²) in [4.78, 5) is 19.4. The monoisotopic (exact) mass is 167 g/mol. The lowest BCUT2D eigenvalue weighted by Gasteiger charge is -2.02. The summed E-state index contributed by atoms with van der Waals surface area (Å²) in [5.41, 5.74) is 0. The second-order valence-electron chi connectivity index (χ2n) is 1.30. The van der Waals surface area contributed by atoms with E-state index in [9.17, 15) is 18.0 Å². The molecule has 0 bridgehead atoms. The Morgan fingerprint density at radius 1 is 1.20 bits per heavy atom. The minimum absolute atomic E-state index is 0. The van der Waals surface area contributed by atoms with Gasteiger partial charge in [0.15, 0.2) is 0 Å². The average Bonchev–Trinajstić information content (AvgIpc) is 1.65. The van der Waals surface area contributed by atoms with E-state index in [1.807, 2.05) is 0 Å². The van der Waals surface area contributed by atoms with E-state index in [0.717, 1.165) is 6.26 Å². The predicted octanol–water partition coefficient (Wildman–Crippen LogP) is -0.803. The van der Waals surface area contributed by atoms with Crippen LogP contribution in [0.5, 0.6) is 0 Å². The number of hydrogen-bond donors (Lipinski definition) is 0. The molecular formula is C4H9NO4S. The molecule has 5 nitrogen and oxygen atoms in total. The van der Waals surface area contributed by atoms with Crippen LogP contribution in [-0.4, -0.2) is 31.8 Å². The second kappa shape index (κ2) is 3.99. The number of hydrogen-bond acceptors (Lipinski definition) is 4. The van der Waals surface area contributed by atoms with Gasteiger partial charge in [0.05, 0.1) is 6.26 Å². The minimum Gasteiger partial charge on any atom is -0.277 e. The fourth-order valence-corrected chi connectivity index (χ4v) is 0.494. The molecule has 0 unspecified atom stereocenters. The molecule has 0 fully saturated rings. The molecule has 0 aliphatic heterocycles. The highest BCUT2D eigenvalue weighted by molar-refractivity contribution is 7.89. The summed E-state index contributed by atoms with van der Waals surface area (Å²) in [6.45, 7) is 0. The first kappa shape index (κ1) is 11.8. The molecule has 2 amide bonds. The maximum Gasteiger partial charge on any atom is 0.240 e. The van der Waals surface area contributed by atoms with Gasteiger partial charge in [0.2, 0.25) is 22.8 Å². The molecule has 0 aromatic rings. The molecule has 0 spiro atoms. The average molecular weight is 167 g/mol. The number of carbonyl (C=O) groups excluding carboxylic acids is 2. The lowest BCUT2D eigenvalue weighted by atomic mass is 11.2. The van der Waals surface area contributed by atoms with E-state index in [1.54, 1.807) is 0 Å². The van der Waals surface area contributed by atoms with Crippen molar-refractivity contribution < 1.29 is 18.0 Å². The number of imide groups is 1. The van der Waals surface area contributed by atoms with E-state index >= 15 is 0 Å². The van der Waals surface area contributed by atoms with Gasteiger partial charge in [0, 0.05) is 0 Å². The Hall–Kier alpha value is -0.910. The Morgan fingerprint density at radius 3 is 1.50 bits per heavy atom. The minimum atomic E-state index is -3.67. The van der Waals surface area contributed by atoms with Crippen molar-refractivity contribution >= 4 is 22.8 Å². The summed E-state index contributed by atoms with van der Waals surface area (Å²) < 4.78 is 20.6. The molecule has 0 heterocycles. The Kier molecular flexibility index (Phi) is 4.73. The van der Waals surface area contributed by atoms with E-state index in [0.29, 0.717) is 0 Å². The second-order valence-corrected chi connectivity index (χ2v) is 3.19. The molecule has 0 saturated carbocycles. The fraction of sp³-hybridized carbons (Fsp3) is 0.500. The van der Waals surface area contributed by atoms with E-state index < -0.39 is 10.0 Å². The van der Waals surface area contributed by atoms with Gasteiger partial charge in [-0.25, -0.2) is 8.42 Å². The van der Waals surface area contributed by atoms with E-state index in [-0.39, 0.29) is 24.6 Å². The zero-order valence-corrected chi connectivity index (χ0v) is 5.46. The fourth-order valence-electron chi connectivity index (χ4n) is 0.181. The lowest BCUT2D eigenvalue weighted by Crippen LogP contribution is -2.26. The van der Waals surface area contributed by atoms with Crippen molar-refractivity contribution in [2.75, 3.05) is 6.26 Å². The van der Waals surface area contributed by atoms with E-state index in [4.69, 9.17) is 0 Å². The zero-order valence-electron chi connectivity index (χ0n) is 4.64. The van der Waals surface area contributed by atoms with Crippen molar-refractivity contribution in [2.24, 2.45) is 0 Å². The summed E-state index contributed by atoms with van der Waals surface area (Å²) in [5, 5.41) is 0. The predicted molar refractivity (Wildman–Crippen MR) is 35.5 cm³/mol. The van der Waals surface area contributed by atoms with Gasteiger partial charge in [0.25, 0.3) is 0 Å². The lowest BCUT2D eigenvalue weighted by molar-refractivity contribution is -0.123. The summed E-state index contributed by atoms with van der Waals surface area (Å²) >= 11 is 0. The third kappa shape index (κ3) is 3.18. The van der Waals surface area contributed by atoms with Crippen molar-refractivity contribution in [1.82, 2.24) is 4.31 Å². The zero-order chi connectivity index (χ0) is 7.49. The maximum absolute atomic E-state index is 10.3. The molecule has 0 aromatic heterocycles. The SMILES string of the molecule is C.CS(=O)(=O)N(C=O)C=O. The van der Waals surface area contributed by atoms with Gasteiger partial charge in [-0.3, -0.25) is 9.59 Å². The number of carbonyl (C=O) groups is 2. The normalized spacial score (nSPS) is 9.30. The van der Waals surface area contributed by atoms with Crippen LogP contribution in [0.1, 0.15) is 7.43 Å². The van der Waals surface area contributed by atoms with Gasteiger partial charge in [-0.2, -0.15) is 4.31 Å². The van der Waals surface area contributed by atoms with Crippen LogP contribution < -0.4 is 0 Å². The molecule has 10 heavy (non-hydrogen) atoms. The van der Waals surface area contributed by atoms with Crippen LogP contribution in [0.15, 0.2) is 0 Å². The van der Waals surface area contributed by atoms with Crippen LogP contribution in [-0.2, 0) is 19.6 Å². The maximum atomic E-state index is 10.3. The molecule has 0 saturated heterocycles. The van der Waals surface area contributed by atoms with Crippen LogP contribution in [0.4, 0.5) is 0 Å². The van der Waals surface area contributed by atoms with Crippen molar-refractivity contribution in [3.05, 3.63) is 0 Å². The standard InChI is InChI=1S/C3H5NO4S.CH4/c1-9(7,8)4(2-5)3-6;/h2-3H,1H3;1H4. The molecule has 0 N–H and O–H groups in total. The summed E-state index contributed by atoms with van der Waals surface area (Å²) in [5.74, 6) is 0. The van der Waals surface area contributed by atoms with Gasteiger partial charge < -0.3 is 0 Å². The third-order valence-corrected chi connectivity index (χ3v) is 1.53. The van der Waals surface area contributed by atoms with Crippen LogP contribution in [0, 0.1) is 0 Å². The van der Waals surface area contributed by atoms with Crippen molar-refractivity contribution in [3.8, 4) is 0 Å². The molecule has 0 rings (SSSR count). The molecule has 0 atom stereocenters. The van der Waals surface area contributed by atoms with Crippen molar-refractivity contribution in [2.45, 2.75) is 7.43 Å². The Balaban J connectivity index is 0. The first-order valence-corrected chi connectivity index (χ1v) is 3.76. The van der Waals surface area contributed by atoms with E-state index in [1.165, 1.54) is 0 Å². The smallest absolute Gasteiger partial charge is 0.240 e. The molecule has 0 aliphatic rings. The number of amides is 2. The van der Waals surface area contributed by atoms with Crippen molar-refractivity contribution in [1.29, 1.82) is 0 Å². The van der Waals surface area contributed by atoms with Crippen LogP contribution in [0.3, 0.4) is 0 Å². The Morgan fingerprint density at radius 2 is 1.50 bits per heavy atom. The molecule has 0 aromatic carbocycles. The Bertz CT molecular complexity index is 199. The van der Waals surface area contributed by atoms with Crippen LogP contribution in [0.2, 0.25) is 0 Å². The largest absolute Gasteiger partial charge is 0.277 e. The number of nitrogens with zero attached hydrogens (tertiary/aromatic N) is 1. The van der Waals surface area contributed by atoms with Crippen molar-refractivity contribution in [3.63, 3.8) is 0 Å². The van der Waals surface area contributed by atoms with Gasteiger partial charge in [0.1, 0.15) is 0 Å². The summed E-state index contributed by atoms with van der Waals surface area (Å²) in [6, 6.07) is 0. The van der Waals surface area contributed by atoms with Gasteiger partial charge in [-0.05, 0) is 0 Å². The van der Waals surface area contributed by atoms with Crippen LogP contribution >= 0.6 is 0 Å². The van der Waals surface area contributed by atoms with Gasteiger partial charge in [-0.1, -0.05) is 7.43 Å². The summed E-state index contributed by atoms with van der Waals surface area (Å²) in [6.07, 6.45) is 0.625. The first-order chi connectivity index (χ1) is 4.02. The topological polar surface area (TPSA) is 71.5 Å². The van der Waals surface area contributed by atoms with E-state index in [2.05, 4.69) is 0 Å². The number of rotatable bonds is 3. The highest BCUT2D eigenvalue weighted by Crippen LogP contribution is 1.85. The quantitative estimate of drug-likeness (QED) is 0.516. The Labute approximate surface area is 59.7 Å². The van der Waals surface area contributed by atoms with Gasteiger partial charge >= 0.3 is 0 Å². The highest BCUT2D eigenvalue weighted by atomic mass is 32.2. The third-order valence-electron chi connectivity index (χ3n) is 0.591. The summed E-state index contributed by atoms with van der Waals surface area (Å²) in [7, 11) is -3.67. The molecular weight excluding hydrogens is 158 g/mol. The molecule has 0 aliphatic carbocycles. The molecule has 60 valence electrons. The molecule has 0 radical (unpaired) electrons. The molecule has 6 heteroatoms. The highest BCUT2D eigenvalue weighted by Gasteiger charge is 2.10. The first-order valence-electron chi connectivity index (χ1n) is 1.91. The van der Waals surface area contributed by atoms with Gasteiger partial charge in [-0.15, -0.1) is 0 Å². The van der Waals surface area contributed by atoms with Crippen LogP contribution in [0.25, 0.3) is 0 Å².